The van der Waals surface area contributed by atoms with Crippen molar-refractivity contribution in [2.45, 2.75) is 18.3 Å². The van der Waals surface area contributed by atoms with E-state index in [9.17, 15) is 35.5 Å². The highest BCUT2D eigenvalue weighted by molar-refractivity contribution is 6.48. The molecule has 2 aromatic carbocycles. The summed E-state index contributed by atoms with van der Waals surface area (Å²) >= 11 is 17.2. The number of halogens is 10. The minimum absolute atomic E-state index is 0.0821. The van der Waals surface area contributed by atoms with Crippen LogP contribution in [-0.4, -0.2) is 19.1 Å². The number of amides is 1. The fourth-order valence-electron chi connectivity index (χ4n) is 2.68. The minimum Gasteiger partial charge on any atom is -0.288 e. The first kappa shape index (κ1) is 26.2. The molecule has 2 N–H and O–H groups in total. The Labute approximate surface area is 192 Å². The van der Waals surface area contributed by atoms with Crippen LogP contribution in [0, 0.1) is 0 Å². The predicted octanol–water partition coefficient (Wildman–Crippen LogP) is 7.19. The van der Waals surface area contributed by atoms with Crippen molar-refractivity contribution in [3.8, 4) is 0 Å². The fraction of sp³-hybridized carbons (Fsp3) is 0.211. The maximum absolute atomic E-state index is 14.7. The first-order valence-corrected chi connectivity index (χ1v) is 9.57. The average Bonchev–Trinajstić information content (AvgIpc) is 2.67. The molecule has 0 fully saturated rings. The molecule has 3 nitrogen and oxygen atoms in total. The zero-order valence-electron chi connectivity index (χ0n) is 15.7. The van der Waals surface area contributed by atoms with E-state index in [1.165, 1.54) is 7.05 Å². The highest BCUT2D eigenvalue weighted by Crippen LogP contribution is 2.42. The van der Waals surface area contributed by atoms with Crippen LogP contribution in [0.25, 0.3) is 5.83 Å². The van der Waals surface area contributed by atoms with Crippen LogP contribution in [0.15, 0.2) is 36.4 Å². The Morgan fingerprint density at radius 1 is 1.00 bits per heavy atom. The van der Waals surface area contributed by atoms with Crippen molar-refractivity contribution >= 4 is 46.5 Å². The van der Waals surface area contributed by atoms with Gasteiger partial charge in [-0.1, -0.05) is 40.9 Å². The van der Waals surface area contributed by atoms with Crippen LogP contribution in [0.3, 0.4) is 0 Å². The van der Waals surface area contributed by atoms with E-state index in [-0.39, 0.29) is 27.2 Å². The van der Waals surface area contributed by atoms with Crippen LogP contribution in [0.1, 0.15) is 33.0 Å². The molecular formula is C19H12Cl3F7N2O. The summed E-state index contributed by atoms with van der Waals surface area (Å²) < 4.78 is 95.6. The summed E-state index contributed by atoms with van der Waals surface area (Å²) in [6.45, 7) is 0. The van der Waals surface area contributed by atoms with E-state index < -0.39 is 52.3 Å². The van der Waals surface area contributed by atoms with Gasteiger partial charge in [0.05, 0.1) is 26.2 Å². The molecule has 0 aliphatic rings. The second-order valence-corrected chi connectivity index (χ2v) is 7.49. The van der Waals surface area contributed by atoms with E-state index in [1.807, 2.05) is 5.43 Å². The zero-order valence-corrected chi connectivity index (χ0v) is 18.0. The number of carbonyl (C=O) groups excluding carboxylic acids is 1. The first-order valence-electron chi connectivity index (χ1n) is 8.44. The number of rotatable bonds is 5. The number of hydrazine groups is 1. The monoisotopic (exact) mass is 522 g/mol. The molecule has 0 aliphatic heterocycles. The Kier molecular flexibility index (Phi) is 8.09. The quantitative estimate of drug-likeness (QED) is 0.248. The van der Waals surface area contributed by atoms with E-state index in [1.54, 1.807) is 0 Å². The normalized spacial score (nSPS) is 13.8. The van der Waals surface area contributed by atoms with Gasteiger partial charge in [0.2, 0.25) is 0 Å². The van der Waals surface area contributed by atoms with Gasteiger partial charge in [0.15, 0.2) is 0 Å². The number of allylic oxidation sites excluding steroid dienone is 1. The molecule has 0 aromatic heterocycles. The minimum atomic E-state index is -5.09. The van der Waals surface area contributed by atoms with Gasteiger partial charge < -0.3 is 0 Å². The van der Waals surface area contributed by atoms with Crippen molar-refractivity contribution in [2.75, 3.05) is 7.05 Å². The molecule has 2 aromatic rings. The summed E-state index contributed by atoms with van der Waals surface area (Å²) in [4.78, 5) is 11.8. The number of carbonyl (C=O) groups is 1. The van der Waals surface area contributed by atoms with E-state index >= 15 is 0 Å². The largest absolute Gasteiger partial charge is 0.417 e. The van der Waals surface area contributed by atoms with E-state index in [0.29, 0.717) is 6.07 Å². The second kappa shape index (κ2) is 9.86. The lowest BCUT2D eigenvalue weighted by Gasteiger charge is -2.19. The van der Waals surface area contributed by atoms with Crippen LogP contribution >= 0.6 is 34.8 Å². The van der Waals surface area contributed by atoms with Gasteiger partial charge in [-0.05, 0) is 35.9 Å². The Hall–Kier alpha value is -2.01. The molecule has 13 heteroatoms. The van der Waals surface area contributed by atoms with Gasteiger partial charge in [-0.25, -0.2) is 9.82 Å². The van der Waals surface area contributed by atoms with Gasteiger partial charge in [-0.3, -0.25) is 10.2 Å². The zero-order chi connectivity index (χ0) is 24.4. The highest BCUT2D eigenvalue weighted by atomic mass is 35.5. The average molecular weight is 524 g/mol. The molecule has 32 heavy (non-hydrogen) atoms. The van der Waals surface area contributed by atoms with Gasteiger partial charge in [-0.2, -0.15) is 26.3 Å². The molecule has 2 rings (SSSR count). The van der Waals surface area contributed by atoms with Crippen LogP contribution in [0.4, 0.5) is 30.7 Å². The summed E-state index contributed by atoms with van der Waals surface area (Å²) in [6.07, 6.45) is -10.0. The number of hydrogen-bond acceptors (Lipinski definition) is 2. The van der Waals surface area contributed by atoms with Gasteiger partial charge >= 0.3 is 12.4 Å². The number of alkyl halides is 6. The number of hydrogen-bond donors (Lipinski definition) is 2. The lowest BCUT2D eigenvalue weighted by atomic mass is 9.95. The Morgan fingerprint density at radius 2 is 1.56 bits per heavy atom. The standard InChI is InChI=1S/C19H12Cl3F7N2O/c1-30-31-17(32)10-3-2-8(4-12(10)19(27,28)29)15(23)7-11(18(24,25)26)9-5-13(20)16(22)14(21)6-9/h2-7,11,30H,1H3,(H,31,32). The lowest BCUT2D eigenvalue weighted by molar-refractivity contribution is -0.140. The molecule has 174 valence electrons. The molecule has 0 radical (unpaired) electrons. The third-order valence-corrected chi connectivity index (χ3v) is 5.31. The molecular weight excluding hydrogens is 512 g/mol. The van der Waals surface area contributed by atoms with Crippen LogP contribution in [-0.2, 0) is 6.18 Å². The molecule has 1 unspecified atom stereocenters. The van der Waals surface area contributed by atoms with Crippen molar-refractivity contribution in [3.05, 3.63) is 73.7 Å². The molecule has 1 amide bonds. The molecule has 0 heterocycles. The molecule has 0 spiro atoms. The van der Waals surface area contributed by atoms with Gasteiger partial charge in [0.25, 0.3) is 5.91 Å². The topological polar surface area (TPSA) is 41.1 Å². The van der Waals surface area contributed by atoms with Crippen molar-refractivity contribution < 1.29 is 35.5 Å². The summed E-state index contributed by atoms with van der Waals surface area (Å²) in [6, 6.07) is 3.29. The maximum atomic E-state index is 14.7. The van der Waals surface area contributed by atoms with Crippen LogP contribution in [0.2, 0.25) is 15.1 Å². The van der Waals surface area contributed by atoms with Crippen molar-refractivity contribution in [1.29, 1.82) is 0 Å². The van der Waals surface area contributed by atoms with Gasteiger partial charge in [0, 0.05) is 12.6 Å². The van der Waals surface area contributed by atoms with Crippen molar-refractivity contribution in [1.82, 2.24) is 10.9 Å². The Balaban J connectivity index is 2.61. The second-order valence-electron chi connectivity index (χ2n) is 6.29. The Morgan fingerprint density at radius 3 is 2.03 bits per heavy atom. The first-order chi connectivity index (χ1) is 14.7. The molecule has 0 saturated carbocycles. The highest BCUT2D eigenvalue weighted by Gasteiger charge is 2.41. The SMILES string of the molecule is CNNC(=O)c1ccc(C(F)=CC(c2cc(Cl)c(Cl)c(Cl)c2)C(F)(F)F)cc1C(F)(F)F. The number of benzene rings is 2. The van der Waals surface area contributed by atoms with Gasteiger partial charge in [-0.15, -0.1) is 0 Å². The summed E-state index contributed by atoms with van der Waals surface area (Å²) in [5.74, 6) is -5.38. The van der Waals surface area contributed by atoms with Crippen LogP contribution < -0.4 is 10.9 Å². The summed E-state index contributed by atoms with van der Waals surface area (Å²) in [5.41, 5.74) is 0.292. The summed E-state index contributed by atoms with van der Waals surface area (Å²) in [7, 11) is 1.23. The maximum Gasteiger partial charge on any atom is 0.417 e. The number of nitrogens with one attached hydrogen (secondary N) is 2. The van der Waals surface area contributed by atoms with E-state index in [2.05, 4.69) is 5.43 Å². The summed E-state index contributed by atoms with van der Waals surface area (Å²) in [5, 5.41) is -0.860. The van der Waals surface area contributed by atoms with E-state index in [4.69, 9.17) is 34.8 Å². The van der Waals surface area contributed by atoms with E-state index in [0.717, 1.165) is 18.2 Å². The van der Waals surface area contributed by atoms with Crippen LogP contribution in [0.5, 0.6) is 0 Å². The molecule has 0 saturated heterocycles. The molecule has 0 aliphatic carbocycles. The third kappa shape index (κ3) is 6.06. The predicted molar refractivity (Wildman–Crippen MR) is 107 cm³/mol. The third-order valence-electron chi connectivity index (χ3n) is 4.11. The fourth-order valence-corrected chi connectivity index (χ4v) is 3.30. The van der Waals surface area contributed by atoms with Crippen molar-refractivity contribution in [3.63, 3.8) is 0 Å². The Bertz CT molecular complexity index is 1030. The molecule has 1 atom stereocenters. The lowest BCUT2D eigenvalue weighted by Crippen LogP contribution is -2.35. The van der Waals surface area contributed by atoms with Gasteiger partial charge in [0.1, 0.15) is 11.7 Å². The molecule has 0 bridgehead atoms. The smallest absolute Gasteiger partial charge is 0.288 e. The van der Waals surface area contributed by atoms with Crippen molar-refractivity contribution in [2.24, 2.45) is 0 Å².